The Morgan fingerprint density at radius 2 is 1.85 bits per heavy atom. The Hall–Kier alpha value is -3.30. The quantitative estimate of drug-likeness (QED) is 0.783. The highest BCUT2D eigenvalue weighted by Crippen LogP contribution is 2.35. The highest BCUT2D eigenvalue weighted by Gasteiger charge is 2.21. The molecule has 0 bridgehead atoms. The Kier molecular flexibility index (Phi) is 5.99. The predicted octanol–water partition coefficient (Wildman–Crippen LogP) is 2.43. The summed E-state index contributed by atoms with van der Waals surface area (Å²) in [7, 11) is 2.35. The molecule has 2 rings (SSSR count). The summed E-state index contributed by atoms with van der Waals surface area (Å²) in [6.07, 6.45) is 2.62. The number of amides is 1. The summed E-state index contributed by atoms with van der Waals surface area (Å²) in [5.74, 6) is -1.99. The van der Waals surface area contributed by atoms with Gasteiger partial charge in [-0.05, 0) is 6.92 Å². The number of hydrogen-bond acceptors (Lipinski definition) is 7. The van der Waals surface area contributed by atoms with Gasteiger partial charge < -0.3 is 19.5 Å². The first kappa shape index (κ1) is 19.0. The molecule has 0 spiro atoms. The van der Waals surface area contributed by atoms with Gasteiger partial charge in [0.1, 0.15) is 5.69 Å². The average Bonchev–Trinajstić information content (AvgIpc) is 2.61. The van der Waals surface area contributed by atoms with Crippen LogP contribution in [-0.2, 0) is 4.74 Å². The minimum absolute atomic E-state index is 0.0291. The monoisotopic (exact) mass is 367 g/mol. The lowest BCUT2D eigenvalue weighted by atomic mass is 10.1. The molecule has 138 valence electrons. The molecule has 10 heteroatoms. The number of rotatable bonds is 6. The molecular weight excluding hydrogens is 352 g/mol. The molecule has 1 aromatic heterocycles. The maximum absolute atomic E-state index is 12.6. The zero-order valence-corrected chi connectivity index (χ0v) is 14.1. The van der Waals surface area contributed by atoms with Gasteiger partial charge in [-0.2, -0.15) is 8.78 Å². The molecule has 0 aliphatic carbocycles. The van der Waals surface area contributed by atoms with Crippen molar-refractivity contribution in [1.82, 2.24) is 9.97 Å². The highest BCUT2D eigenvalue weighted by molar-refractivity contribution is 6.07. The van der Waals surface area contributed by atoms with Crippen LogP contribution in [0.1, 0.15) is 26.5 Å². The third-order valence-electron chi connectivity index (χ3n) is 3.19. The zero-order chi connectivity index (χ0) is 19.3. The summed E-state index contributed by atoms with van der Waals surface area (Å²) in [5, 5.41) is 2.40. The minimum atomic E-state index is -3.13. The smallest absolute Gasteiger partial charge is 0.387 e. The van der Waals surface area contributed by atoms with Gasteiger partial charge in [0.15, 0.2) is 11.5 Å². The number of esters is 1. The van der Waals surface area contributed by atoms with E-state index in [2.05, 4.69) is 24.8 Å². The first-order chi connectivity index (χ1) is 12.3. The molecule has 8 nitrogen and oxygen atoms in total. The number of methoxy groups -OCH3 is 2. The second-order valence-corrected chi connectivity index (χ2v) is 4.92. The number of benzene rings is 1. The van der Waals surface area contributed by atoms with Crippen LogP contribution in [0.2, 0.25) is 0 Å². The van der Waals surface area contributed by atoms with Crippen molar-refractivity contribution >= 4 is 17.6 Å². The summed E-state index contributed by atoms with van der Waals surface area (Å²) < 4.78 is 39.1. The second-order valence-electron chi connectivity index (χ2n) is 4.92. The van der Waals surface area contributed by atoms with Crippen molar-refractivity contribution in [3.05, 3.63) is 41.5 Å². The van der Waals surface area contributed by atoms with E-state index in [9.17, 15) is 18.4 Å². The summed E-state index contributed by atoms with van der Waals surface area (Å²) >= 11 is 0. The van der Waals surface area contributed by atoms with Crippen LogP contribution in [0, 0.1) is 6.92 Å². The molecule has 0 aliphatic heterocycles. The van der Waals surface area contributed by atoms with E-state index in [0.29, 0.717) is 5.69 Å². The average molecular weight is 367 g/mol. The molecule has 26 heavy (non-hydrogen) atoms. The van der Waals surface area contributed by atoms with Gasteiger partial charge in [0.05, 0.1) is 37.4 Å². The summed E-state index contributed by atoms with van der Waals surface area (Å²) in [6, 6.07) is 2.16. The fraction of sp³-hybridized carbons (Fsp3) is 0.250. The van der Waals surface area contributed by atoms with Crippen molar-refractivity contribution in [2.75, 3.05) is 19.5 Å². The lowest BCUT2D eigenvalue weighted by Gasteiger charge is -2.15. The number of halogens is 2. The first-order valence-electron chi connectivity index (χ1n) is 7.20. The van der Waals surface area contributed by atoms with Crippen LogP contribution in [0.5, 0.6) is 11.5 Å². The summed E-state index contributed by atoms with van der Waals surface area (Å²) in [5.41, 5.74) is 0.354. The fourth-order valence-electron chi connectivity index (χ4n) is 1.99. The lowest BCUT2D eigenvalue weighted by Crippen LogP contribution is -2.17. The topological polar surface area (TPSA) is 99.6 Å². The van der Waals surface area contributed by atoms with E-state index in [4.69, 9.17) is 4.74 Å². The zero-order valence-electron chi connectivity index (χ0n) is 14.1. The van der Waals surface area contributed by atoms with E-state index in [1.807, 2.05) is 0 Å². The molecule has 0 fully saturated rings. The SMILES string of the molecule is COC(=O)c1cc(OC)c(OC(F)F)cc1NC(=O)c1cnc(C)cn1. The predicted molar refractivity (Wildman–Crippen MR) is 85.7 cm³/mol. The van der Waals surface area contributed by atoms with Crippen LogP contribution in [0.15, 0.2) is 24.5 Å². The van der Waals surface area contributed by atoms with Gasteiger partial charge in [-0.15, -0.1) is 0 Å². The van der Waals surface area contributed by atoms with Crippen molar-refractivity contribution in [3.63, 3.8) is 0 Å². The Labute approximate surface area is 147 Å². The molecular formula is C16H15F2N3O5. The lowest BCUT2D eigenvalue weighted by molar-refractivity contribution is -0.0511. The molecule has 0 unspecified atom stereocenters. The van der Waals surface area contributed by atoms with Gasteiger partial charge in [0, 0.05) is 18.3 Å². The third-order valence-corrected chi connectivity index (χ3v) is 3.19. The molecule has 1 N–H and O–H groups in total. The Balaban J connectivity index is 2.44. The highest BCUT2D eigenvalue weighted by atomic mass is 19.3. The third kappa shape index (κ3) is 4.41. The minimum Gasteiger partial charge on any atom is -0.493 e. The molecule has 0 aliphatic rings. The number of hydrogen-bond donors (Lipinski definition) is 1. The number of ether oxygens (including phenoxy) is 3. The number of aryl methyl sites for hydroxylation is 1. The van der Waals surface area contributed by atoms with E-state index in [1.54, 1.807) is 6.92 Å². The molecule has 2 aromatic rings. The molecule has 0 saturated heterocycles. The summed E-state index contributed by atoms with van der Waals surface area (Å²) in [6.45, 7) is -1.43. The van der Waals surface area contributed by atoms with Gasteiger partial charge in [-0.1, -0.05) is 0 Å². The molecule has 1 amide bonds. The van der Waals surface area contributed by atoms with Gasteiger partial charge in [-0.3, -0.25) is 9.78 Å². The number of anilines is 1. The largest absolute Gasteiger partial charge is 0.493 e. The van der Waals surface area contributed by atoms with Gasteiger partial charge in [0.25, 0.3) is 5.91 Å². The maximum atomic E-state index is 12.6. The van der Waals surface area contributed by atoms with E-state index in [-0.39, 0.29) is 28.4 Å². The Morgan fingerprint density at radius 1 is 1.12 bits per heavy atom. The van der Waals surface area contributed by atoms with Crippen molar-refractivity contribution < 1.29 is 32.6 Å². The summed E-state index contributed by atoms with van der Waals surface area (Å²) in [4.78, 5) is 32.1. The molecule has 0 radical (unpaired) electrons. The van der Waals surface area contributed by atoms with Crippen LogP contribution >= 0.6 is 0 Å². The molecule has 0 atom stereocenters. The number of carbonyl (C=O) groups is 2. The fourth-order valence-corrected chi connectivity index (χ4v) is 1.99. The van der Waals surface area contributed by atoms with Crippen molar-refractivity contribution in [2.24, 2.45) is 0 Å². The van der Waals surface area contributed by atoms with Crippen LogP contribution in [-0.4, -0.2) is 42.7 Å². The molecule has 0 saturated carbocycles. The van der Waals surface area contributed by atoms with E-state index in [0.717, 1.165) is 19.2 Å². The standard InChI is InChI=1S/C16H15F2N3O5/c1-8-6-20-11(7-19-8)14(22)21-10-5-13(26-16(17)18)12(24-2)4-9(10)15(23)25-3/h4-7,16H,1-3H3,(H,21,22). The normalized spacial score (nSPS) is 10.4. The number of nitrogens with zero attached hydrogens (tertiary/aromatic N) is 2. The van der Waals surface area contributed by atoms with Crippen molar-refractivity contribution in [2.45, 2.75) is 13.5 Å². The van der Waals surface area contributed by atoms with Crippen LogP contribution < -0.4 is 14.8 Å². The molecule has 1 heterocycles. The molecule has 1 aromatic carbocycles. The Morgan fingerprint density at radius 3 is 2.38 bits per heavy atom. The van der Waals surface area contributed by atoms with Gasteiger partial charge in [0.2, 0.25) is 0 Å². The number of alkyl halides is 2. The van der Waals surface area contributed by atoms with Gasteiger partial charge in [-0.25, -0.2) is 9.78 Å². The van der Waals surface area contributed by atoms with E-state index in [1.165, 1.54) is 19.5 Å². The van der Waals surface area contributed by atoms with E-state index >= 15 is 0 Å². The van der Waals surface area contributed by atoms with Crippen molar-refractivity contribution in [1.29, 1.82) is 0 Å². The van der Waals surface area contributed by atoms with Gasteiger partial charge >= 0.3 is 12.6 Å². The van der Waals surface area contributed by atoms with Crippen LogP contribution in [0.4, 0.5) is 14.5 Å². The Bertz CT molecular complexity index is 812. The maximum Gasteiger partial charge on any atom is 0.387 e. The van der Waals surface area contributed by atoms with Crippen LogP contribution in [0.3, 0.4) is 0 Å². The second kappa shape index (κ2) is 8.19. The van der Waals surface area contributed by atoms with Crippen molar-refractivity contribution in [3.8, 4) is 11.5 Å². The number of nitrogens with one attached hydrogen (secondary N) is 1. The first-order valence-corrected chi connectivity index (χ1v) is 7.20. The number of aromatic nitrogens is 2. The van der Waals surface area contributed by atoms with E-state index < -0.39 is 18.5 Å². The van der Waals surface area contributed by atoms with Crippen LogP contribution in [0.25, 0.3) is 0 Å². The number of carbonyl (C=O) groups excluding carboxylic acids is 2.